The Balaban J connectivity index is 2.24. The Labute approximate surface area is 156 Å². The highest BCUT2D eigenvalue weighted by Gasteiger charge is 2.23. The molecule has 4 nitrogen and oxygen atoms in total. The van der Waals surface area contributed by atoms with Crippen molar-refractivity contribution < 1.29 is 9.59 Å². The minimum Gasteiger partial charge on any atom is -0.334 e. The largest absolute Gasteiger partial charge is 0.334 e. The van der Waals surface area contributed by atoms with Gasteiger partial charge in [-0.25, -0.2) is 0 Å². The van der Waals surface area contributed by atoms with E-state index in [-0.39, 0.29) is 24.4 Å². The van der Waals surface area contributed by atoms with Gasteiger partial charge in [-0.1, -0.05) is 42.5 Å². The molecule has 0 N–H and O–H groups in total. The lowest BCUT2D eigenvalue weighted by molar-refractivity contribution is -0.133. The van der Waals surface area contributed by atoms with Crippen LogP contribution in [0.1, 0.15) is 37.5 Å². The van der Waals surface area contributed by atoms with Crippen molar-refractivity contribution in [3.8, 4) is 0 Å². The highest BCUT2D eigenvalue weighted by atomic mass is 16.2. The molecule has 2 aromatic rings. The predicted octanol–water partition coefficient (Wildman–Crippen LogP) is 4.09. The minimum absolute atomic E-state index is 0.0463. The standard InChI is InChI=1S/C22H28N2O2/c1-16(2)23(14-20-9-7-6-8-10-20)22(26)15-24(19(5)25)21-13-17(3)11-12-18(21)4/h6-13,16H,14-15H2,1-5H3. The smallest absolute Gasteiger partial charge is 0.243 e. The summed E-state index contributed by atoms with van der Waals surface area (Å²) in [5.74, 6) is -0.185. The summed E-state index contributed by atoms with van der Waals surface area (Å²) in [5.41, 5.74) is 3.93. The minimum atomic E-state index is -0.129. The second-order valence-electron chi connectivity index (χ2n) is 7.00. The van der Waals surface area contributed by atoms with Crippen molar-refractivity contribution in [2.45, 2.75) is 47.2 Å². The van der Waals surface area contributed by atoms with Crippen molar-refractivity contribution in [1.29, 1.82) is 0 Å². The Bertz CT molecular complexity index is 769. The van der Waals surface area contributed by atoms with Gasteiger partial charge in [0.05, 0.1) is 0 Å². The zero-order valence-electron chi connectivity index (χ0n) is 16.3. The van der Waals surface area contributed by atoms with Gasteiger partial charge in [0, 0.05) is 25.2 Å². The van der Waals surface area contributed by atoms with E-state index in [9.17, 15) is 9.59 Å². The molecule has 0 spiro atoms. The molecular weight excluding hydrogens is 324 g/mol. The third kappa shape index (κ3) is 4.94. The Hall–Kier alpha value is -2.62. The van der Waals surface area contributed by atoms with Gasteiger partial charge < -0.3 is 9.80 Å². The van der Waals surface area contributed by atoms with Crippen LogP contribution in [0.25, 0.3) is 0 Å². The second-order valence-corrected chi connectivity index (χ2v) is 7.00. The molecule has 0 aromatic heterocycles. The lowest BCUT2D eigenvalue weighted by atomic mass is 10.1. The molecule has 0 radical (unpaired) electrons. The Kier molecular flexibility index (Phi) is 6.56. The van der Waals surface area contributed by atoms with Crippen molar-refractivity contribution in [3.05, 3.63) is 65.2 Å². The van der Waals surface area contributed by atoms with E-state index in [1.807, 2.05) is 81.1 Å². The molecule has 26 heavy (non-hydrogen) atoms. The van der Waals surface area contributed by atoms with E-state index < -0.39 is 0 Å². The number of nitrogens with zero attached hydrogens (tertiary/aromatic N) is 2. The fraction of sp³-hybridized carbons (Fsp3) is 0.364. The number of hydrogen-bond acceptors (Lipinski definition) is 2. The van der Waals surface area contributed by atoms with Gasteiger partial charge in [0.15, 0.2) is 0 Å². The summed E-state index contributed by atoms with van der Waals surface area (Å²) in [6, 6.07) is 15.9. The maximum absolute atomic E-state index is 13.0. The average molecular weight is 352 g/mol. The summed E-state index contributed by atoms with van der Waals surface area (Å²) < 4.78 is 0. The number of amides is 2. The monoisotopic (exact) mass is 352 g/mol. The lowest BCUT2D eigenvalue weighted by Crippen LogP contribution is -2.45. The number of hydrogen-bond donors (Lipinski definition) is 0. The number of carbonyl (C=O) groups is 2. The Morgan fingerprint density at radius 1 is 1.00 bits per heavy atom. The molecule has 4 heteroatoms. The van der Waals surface area contributed by atoms with Gasteiger partial charge in [-0.05, 0) is 50.5 Å². The van der Waals surface area contributed by atoms with Gasteiger partial charge >= 0.3 is 0 Å². The first kappa shape index (κ1) is 19.7. The second kappa shape index (κ2) is 8.65. The summed E-state index contributed by atoms with van der Waals surface area (Å²) in [7, 11) is 0. The molecule has 0 aliphatic carbocycles. The molecule has 2 aromatic carbocycles. The molecule has 0 aliphatic rings. The molecular formula is C22H28N2O2. The molecule has 138 valence electrons. The maximum Gasteiger partial charge on any atom is 0.243 e. The van der Waals surface area contributed by atoms with Crippen molar-refractivity contribution in [3.63, 3.8) is 0 Å². The first-order chi connectivity index (χ1) is 12.3. The van der Waals surface area contributed by atoms with Gasteiger partial charge in [-0.15, -0.1) is 0 Å². The van der Waals surface area contributed by atoms with Crippen molar-refractivity contribution in [1.82, 2.24) is 4.90 Å². The third-order valence-electron chi connectivity index (χ3n) is 4.47. The number of anilines is 1. The number of rotatable bonds is 6. The molecule has 0 atom stereocenters. The van der Waals surface area contributed by atoms with Gasteiger partial charge in [0.2, 0.25) is 11.8 Å². The normalized spacial score (nSPS) is 10.7. The first-order valence-corrected chi connectivity index (χ1v) is 8.98. The third-order valence-corrected chi connectivity index (χ3v) is 4.47. The van der Waals surface area contributed by atoms with E-state index in [0.717, 1.165) is 22.4 Å². The molecule has 2 rings (SSSR count). The van der Waals surface area contributed by atoms with Crippen LogP contribution < -0.4 is 4.90 Å². The van der Waals surface area contributed by atoms with E-state index in [1.165, 1.54) is 6.92 Å². The highest BCUT2D eigenvalue weighted by molar-refractivity contribution is 5.98. The van der Waals surface area contributed by atoms with E-state index >= 15 is 0 Å². The summed E-state index contributed by atoms with van der Waals surface area (Å²) in [6.07, 6.45) is 0. The van der Waals surface area contributed by atoms with Gasteiger partial charge in [0.1, 0.15) is 6.54 Å². The molecule has 0 bridgehead atoms. The van der Waals surface area contributed by atoms with Crippen LogP contribution in [0.2, 0.25) is 0 Å². The van der Waals surface area contributed by atoms with Crippen LogP contribution in [-0.4, -0.2) is 29.3 Å². The Morgan fingerprint density at radius 3 is 2.23 bits per heavy atom. The van der Waals surface area contributed by atoms with E-state index in [4.69, 9.17) is 0 Å². The van der Waals surface area contributed by atoms with Crippen molar-refractivity contribution in [2.75, 3.05) is 11.4 Å². The molecule has 0 saturated carbocycles. The molecule has 0 heterocycles. The maximum atomic E-state index is 13.0. The predicted molar refractivity (Wildman–Crippen MR) is 106 cm³/mol. The topological polar surface area (TPSA) is 40.6 Å². The van der Waals surface area contributed by atoms with Gasteiger partial charge in [-0.2, -0.15) is 0 Å². The Morgan fingerprint density at radius 2 is 1.65 bits per heavy atom. The van der Waals surface area contributed by atoms with Crippen LogP contribution in [0.15, 0.2) is 48.5 Å². The SMILES string of the molecule is CC(=O)N(CC(=O)N(Cc1ccccc1)C(C)C)c1cc(C)ccc1C. The van der Waals surface area contributed by atoms with Crippen LogP contribution in [0.3, 0.4) is 0 Å². The highest BCUT2D eigenvalue weighted by Crippen LogP contribution is 2.22. The van der Waals surface area contributed by atoms with Gasteiger partial charge in [0.25, 0.3) is 0 Å². The van der Waals surface area contributed by atoms with Crippen LogP contribution in [0.4, 0.5) is 5.69 Å². The quantitative estimate of drug-likeness (QED) is 0.785. The van der Waals surface area contributed by atoms with Crippen LogP contribution in [0, 0.1) is 13.8 Å². The summed E-state index contributed by atoms with van der Waals surface area (Å²) in [4.78, 5) is 28.6. The fourth-order valence-electron chi connectivity index (χ4n) is 2.94. The molecule has 0 unspecified atom stereocenters. The van der Waals surface area contributed by atoms with Crippen molar-refractivity contribution >= 4 is 17.5 Å². The summed E-state index contributed by atoms with van der Waals surface area (Å²) in [6.45, 7) is 10.0. The lowest BCUT2D eigenvalue weighted by Gasteiger charge is -2.30. The van der Waals surface area contributed by atoms with Gasteiger partial charge in [-0.3, -0.25) is 9.59 Å². The number of carbonyl (C=O) groups excluding carboxylic acids is 2. The first-order valence-electron chi connectivity index (χ1n) is 8.98. The summed E-state index contributed by atoms with van der Waals surface area (Å²) in [5, 5.41) is 0. The van der Waals surface area contributed by atoms with Crippen LogP contribution in [-0.2, 0) is 16.1 Å². The van der Waals surface area contributed by atoms with E-state index in [0.29, 0.717) is 6.54 Å². The summed E-state index contributed by atoms with van der Waals surface area (Å²) >= 11 is 0. The molecule has 0 fully saturated rings. The zero-order valence-corrected chi connectivity index (χ0v) is 16.3. The van der Waals surface area contributed by atoms with Crippen molar-refractivity contribution in [2.24, 2.45) is 0 Å². The van der Waals surface area contributed by atoms with E-state index in [1.54, 1.807) is 4.90 Å². The van der Waals surface area contributed by atoms with Crippen LogP contribution >= 0.6 is 0 Å². The molecule has 2 amide bonds. The molecule has 0 saturated heterocycles. The number of aryl methyl sites for hydroxylation is 2. The zero-order chi connectivity index (χ0) is 19.3. The van der Waals surface area contributed by atoms with Crippen LogP contribution in [0.5, 0.6) is 0 Å². The number of benzene rings is 2. The average Bonchev–Trinajstić information content (AvgIpc) is 2.60. The molecule has 0 aliphatic heterocycles. The van der Waals surface area contributed by atoms with E-state index in [2.05, 4.69) is 0 Å². The fourth-order valence-corrected chi connectivity index (χ4v) is 2.94.